The summed E-state index contributed by atoms with van der Waals surface area (Å²) in [5.41, 5.74) is 0. The minimum Gasteiger partial charge on any atom is -0.344 e. The summed E-state index contributed by atoms with van der Waals surface area (Å²) in [5.74, 6) is 0. The Balaban J connectivity index is 0.00000132. The normalized spacial score (nSPS) is 10.3. The molecule has 0 bridgehead atoms. The van der Waals surface area contributed by atoms with E-state index in [1.54, 1.807) is 0 Å². The van der Waals surface area contributed by atoms with Crippen molar-refractivity contribution in [2.24, 2.45) is 0 Å². The number of benzene rings is 3. The van der Waals surface area contributed by atoms with Crippen molar-refractivity contribution in [1.29, 1.82) is 0 Å². The molecule has 0 aliphatic carbocycles. The molecule has 0 atom stereocenters. The molecule has 0 spiro atoms. The predicted octanol–water partition coefficient (Wildman–Crippen LogP) is 4.78. The van der Waals surface area contributed by atoms with E-state index in [-0.39, 0.29) is 30.1 Å². The summed E-state index contributed by atoms with van der Waals surface area (Å²) in [6.07, 6.45) is 1.14. The highest BCUT2D eigenvalue weighted by atomic mass is 127. The molecule has 3 N–H and O–H groups in total. The summed E-state index contributed by atoms with van der Waals surface area (Å²) in [5, 5.41) is 4.39. The first-order valence-electron chi connectivity index (χ1n) is 7.43. The van der Waals surface area contributed by atoms with Gasteiger partial charge in [0.05, 0.1) is 6.16 Å². The quantitative estimate of drug-likeness (QED) is 0.464. The molecule has 0 aliphatic heterocycles. The van der Waals surface area contributed by atoms with Gasteiger partial charge in [-0.05, 0) is 43.3 Å². The molecule has 0 aliphatic rings. The van der Waals surface area contributed by atoms with E-state index in [1.165, 1.54) is 15.9 Å². The second-order valence-electron chi connectivity index (χ2n) is 5.13. The minimum absolute atomic E-state index is 0. The average molecular weight is 436 g/mol. The smallest absolute Gasteiger partial charge is 0.111 e. The molecule has 3 aromatic rings. The fraction of sp³-hybridized carbons (Fsp3) is 0.100. The fourth-order valence-electron chi connectivity index (χ4n) is 3.04. The number of halogens is 1. The summed E-state index contributed by atoms with van der Waals surface area (Å²) in [7, 11) is -1.53. The topological polar surface area (TPSA) is 35.0 Å². The standard InChI is InChI=1S/C20H20P.HI.H3N/c1-2-21(18-12-6-3-7-13-18,19-14-8-4-9-15-19)20-16-10-5-11-17-20;;/h3-17H,2H2,1H3;1H;1H3/q+1;;. The van der Waals surface area contributed by atoms with Gasteiger partial charge in [0.15, 0.2) is 0 Å². The van der Waals surface area contributed by atoms with Crippen LogP contribution in [-0.2, 0) is 0 Å². The third kappa shape index (κ3) is 3.82. The van der Waals surface area contributed by atoms with E-state index in [0.29, 0.717) is 0 Å². The zero-order chi connectivity index (χ0) is 14.5. The highest BCUT2D eigenvalue weighted by molar-refractivity contribution is 14.0. The third-order valence-electron chi connectivity index (χ3n) is 4.07. The van der Waals surface area contributed by atoms with Gasteiger partial charge in [0, 0.05) is 0 Å². The monoisotopic (exact) mass is 436 g/mol. The molecule has 0 saturated carbocycles. The zero-order valence-corrected chi connectivity index (χ0v) is 16.7. The van der Waals surface area contributed by atoms with Crippen LogP contribution in [-0.4, -0.2) is 6.16 Å². The van der Waals surface area contributed by atoms with E-state index >= 15 is 0 Å². The molecule has 120 valence electrons. The van der Waals surface area contributed by atoms with Crippen LogP contribution in [0, 0.1) is 0 Å². The van der Waals surface area contributed by atoms with Crippen molar-refractivity contribution in [3.8, 4) is 0 Å². The lowest BCUT2D eigenvalue weighted by atomic mass is 10.4. The maximum absolute atomic E-state index is 2.32. The first-order chi connectivity index (χ1) is 10.4. The van der Waals surface area contributed by atoms with E-state index < -0.39 is 7.26 Å². The van der Waals surface area contributed by atoms with Crippen LogP contribution in [0.3, 0.4) is 0 Å². The first kappa shape index (κ1) is 19.8. The molecule has 0 radical (unpaired) electrons. The molecular formula is C20H24INP+. The van der Waals surface area contributed by atoms with E-state index in [0.717, 1.165) is 6.16 Å². The Morgan fingerprint density at radius 1 is 0.565 bits per heavy atom. The van der Waals surface area contributed by atoms with Crippen molar-refractivity contribution < 1.29 is 0 Å². The SMILES string of the molecule is CC[P+](c1ccccc1)(c1ccccc1)c1ccccc1.I.N. The summed E-state index contributed by atoms with van der Waals surface area (Å²) >= 11 is 0. The lowest BCUT2D eigenvalue weighted by molar-refractivity contribution is 1.48. The van der Waals surface area contributed by atoms with Crippen LogP contribution < -0.4 is 22.1 Å². The van der Waals surface area contributed by atoms with Crippen molar-refractivity contribution in [3.63, 3.8) is 0 Å². The molecule has 0 saturated heterocycles. The maximum Gasteiger partial charge on any atom is 0.111 e. The molecular weight excluding hydrogens is 412 g/mol. The van der Waals surface area contributed by atoms with Gasteiger partial charge >= 0.3 is 0 Å². The first-order valence-corrected chi connectivity index (χ1v) is 9.40. The molecule has 0 unspecified atom stereocenters. The van der Waals surface area contributed by atoms with Gasteiger partial charge in [0.1, 0.15) is 23.2 Å². The molecule has 1 nitrogen and oxygen atoms in total. The Labute approximate surface area is 157 Å². The zero-order valence-electron chi connectivity index (χ0n) is 13.4. The Kier molecular flexibility index (Phi) is 7.90. The summed E-state index contributed by atoms with van der Waals surface area (Å²) in [4.78, 5) is 0. The maximum atomic E-state index is 2.32. The van der Waals surface area contributed by atoms with Crippen LogP contribution in [0.25, 0.3) is 0 Å². The van der Waals surface area contributed by atoms with Gasteiger partial charge in [-0.3, -0.25) is 0 Å². The molecule has 23 heavy (non-hydrogen) atoms. The van der Waals surface area contributed by atoms with E-state index in [2.05, 4.69) is 97.9 Å². The van der Waals surface area contributed by atoms with E-state index in [9.17, 15) is 0 Å². The summed E-state index contributed by atoms with van der Waals surface area (Å²) < 4.78 is 0. The van der Waals surface area contributed by atoms with Crippen LogP contribution in [0.5, 0.6) is 0 Å². The lowest BCUT2D eigenvalue weighted by Gasteiger charge is -2.26. The predicted molar refractivity (Wildman–Crippen MR) is 116 cm³/mol. The second-order valence-corrected chi connectivity index (χ2v) is 8.93. The third-order valence-corrected chi connectivity index (χ3v) is 8.55. The van der Waals surface area contributed by atoms with Gasteiger partial charge < -0.3 is 6.15 Å². The van der Waals surface area contributed by atoms with Gasteiger partial charge in [-0.1, -0.05) is 54.6 Å². The van der Waals surface area contributed by atoms with Gasteiger partial charge in [0.25, 0.3) is 0 Å². The highest BCUT2D eigenvalue weighted by Crippen LogP contribution is 2.54. The molecule has 0 fully saturated rings. The van der Waals surface area contributed by atoms with Crippen molar-refractivity contribution in [2.45, 2.75) is 6.92 Å². The highest BCUT2D eigenvalue weighted by Gasteiger charge is 2.43. The van der Waals surface area contributed by atoms with Crippen LogP contribution in [0.2, 0.25) is 0 Å². The molecule has 3 heteroatoms. The van der Waals surface area contributed by atoms with Gasteiger partial charge in [0.2, 0.25) is 0 Å². The lowest BCUT2D eigenvalue weighted by Crippen LogP contribution is -2.32. The van der Waals surface area contributed by atoms with Crippen molar-refractivity contribution in [3.05, 3.63) is 91.0 Å². The molecule has 0 aromatic heterocycles. The average Bonchev–Trinajstić information content (AvgIpc) is 2.59. The van der Waals surface area contributed by atoms with Gasteiger partial charge in [-0.2, -0.15) is 0 Å². The molecule has 3 aromatic carbocycles. The summed E-state index contributed by atoms with van der Waals surface area (Å²) in [6.45, 7) is 2.32. The van der Waals surface area contributed by atoms with Crippen LogP contribution in [0.1, 0.15) is 6.92 Å². The second kappa shape index (κ2) is 9.17. The van der Waals surface area contributed by atoms with Gasteiger partial charge in [-0.25, -0.2) is 0 Å². The van der Waals surface area contributed by atoms with Crippen LogP contribution >= 0.6 is 31.2 Å². The van der Waals surface area contributed by atoms with E-state index in [1.807, 2.05) is 0 Å². The minimum atomic E-state index is -1.53. The Hall–Kier alpha value is -1.22. The molecule has 3 rings (SSSR count). The largest absolute Gasteiger partial charge is 0.344 e. The van der Waals surface area contributed by atoms with Crippen molar-refractivity contribution >= 4 is 47.2 Å². The van der Waals surface area contributed by atoms with Crippen molar-refractivity contribution in [1.82, 2.24) is 6.15 Å². The van der Waals surface area contributed by atoms with Gasteiger partial charge in [-0.15, -0.1) is 24.0 Å². The van der Waals surface area contributed by atoms with E-state index in [4.69, 9.17) is 0 Å². The van der Waals surface area contributed by atoms with Crippen LogP contribution in [0.15, 0.2) is 91.0 Å². The number of rotatable bonds is 4. The Bertz CT molecular complexity index is 590. The number of hydrogen-bond donors (Lipinski definition) is 1. The molecule has 0 heterocycles. The summed E-state index contributed by atoms with van der Waals surface area (Å²) in [6, 6.07) is 33.0. The Morgan fingerprint density at radius 3 is 1.04 bits per heavy atom. The van der Waals surface area contributed by atoms with Crippen LogP contribution in [0.4, 0.5) is 0 Å². The Morgan fingerprint density at radius 2 is 0.826 bits per heavy atom. The number of hydrogen-bond acceptors (Lipinski definition) is 1. The fourth-order valence-corrected chi connectivity index (χ4v) is 7.08. The van der Waals surface area contributed by atoms with Crippen molar-refractivity contribution in [2.75, 3.05) is 6.16 Å². The molecule has 0 amide bonds.